The van der Waals surface area contributed by atoms with Crippen molar-refractivity contribution >= 4 is 5.78 Å². The van der Waals surface area contributed by atoms with Gasteiger partial charge in [0.25, 0.3) is 0 Å². The average molecular weight is 131 g/mol. The molecule has 0 aliphatic carbocycles. The molecular weight excluding hydrogens is 118 g/mol. The number of carbonyl (C=O) groups is 1. The van der Waals surface area contributed by atoms with Crippen LogP contribution in [0.3, 0.4) is 0 Å². The second-order valence-corrected chi connectivity index (χ2v) is 2.71. The number of hydrogen-bond acceptors (Lipinski definition) is 3. The van der Waals surface area contributed by atoms with E-state index in [-0.39, 0.29) is 5.78 Å². The van der Waals surface area contributed by atoms with E-state index in [1.54, 1.807) is 6.92 Å². The van der Waals surface area contributed by atoms with Gasteiger partial charge in [0, 0.05) is 0 Å². The molecule has 0 amide bonds. The summed E-state index contributed by atoms with van der Waals surface area (Å²) in [5.41, 5.74) is 3.93. The van der Waals surface area contributed by atoms with Gasteiger partial charge in [-0.2, -0.15) is 0 Å². The molecule has 0 saturated heterocycles. The molecule has 0 aromatic heterocycles. The van der Waals surface area contributed by atoms with Crippen LogP contribution in [0.5, 0.6) is 0 Å². The molecule has 3 nitrogen and oxygen atoms in total. The summed E-state index contributed by atoms with van der Waals surface area (Å²) in [5.74, 6) is -0.331. The van der Waals surface area contributed by atoms with Crippen molar-refractivity contribution in [2.75, 3.05) is 0 Å². The molecule has 0 fully saturated rings. The van der Waals surface area contributed by atoms with Crippen molar-refractivity contribution in [3.63, 3.8) is 0 Å². The molecule has 0 saturated carbocycles. The third-order valence-corrected chi connectivity index (χ3v) is 1.02. The predicted octanol–water partition coefficient (Wildman–Crippen LogP) is -0.326. The first-order valence-electron chi connectivity index (χ1n) is 2.88. The highest BCUT2D eigenvalue weighted by Gasteiger charge is 2.26. The van der Waals surface area contributed by atoms with Gasteiger partial charge in [-0.3, -0.25) is 4.79 Å². The molecule has 0 aromatic rings. The van der Waals surface area contributed by atoms with Crippen molar-refractivity contribution in [3.05, 3.63) is 0 Å². The number of ketones is 1. The molecule has 9 heavy (non-hydrogen) atoms. The van der Waals surface area contributed by atoms with E-state index < -0.39 is 11.6 Å². The fourth-order valence-electron chi connectivity index (χ4n) is 0.557. The van der Waals surface area contributed by atoms with E-state index in [0.717, 1.165) is 0 Å². The van der Waals surface area contributed by atoms with E-state index in [2.05, 4.69) is 0 Å². The van der Waals surface area contributed by atoms with Crippen LogP contribution in [0.15, 0.2) is 0 Å². The maximum atomic E-state index is 10.8. The van der Waals surface area contributed by atoms with E-state index in [1.807, 2.05) is 0 Å². The van der Waals surface area contributed by atoms with Crippen molar-refractivity contribution < 1.29 is 9.90 Å². The predicted molar refractivity (Wildman–Crippen MR) is 35.0 cm³/mol. The Kier molecular flexibility index (Phi) is 2.34. The van der Waals surface area contributed by atoms with Crippen molar-refractivity contribution in [1.29, 1.82) is 0 Å². The molecule has 3 N–H and O–H groups in total. The summed E-state index contributed by atoms with van der Waals surface area (Å²) in [5, 5.41) is 9.03. The summed E-state index contributed by atoms with van der Waals surface area (Å²) in [4.78, 5) is 10.8. The van der Waals surface area contributed by atoms with E-state index in [4.69, 9.17) is 10.8 Å². The second-order valence-electron chi connectivity index (χ2n) is 2.71. The first-order chi connectivity index (χ1) is 3.85. The summed E-state index contributed by atoms with van der Waals surface area (Å²) in [6, 6.07) is -0.579. The number of aliphatic hydroxyl groups is 1. The van der Waals surface area contributed by atoms with Crippen LogP contribution in [0.1, 0.15) is 20.8 Å². The molecule has 0 radical (unpaired) electrons. The highest BCUT2D eigenvalue weighted by Crippen LogP contribution is 2.03. The third-order valence-electron chi connectivity index (χ3n) is 1.02. The molecule has 0 bridgehead atoms. The zero-order valence-corrected chi connectivity index (χ0v) is 6.01. The summed E-state index contributed by atoms with van der Waals surface area (Å²) in [7, 11) is 0. The zero-order chi connectivity index (χ0) is 7.65. The Morgan fingerprint density at radius 1 is 1.67 bits per heavy atom. The van der Waals surface area contributed by atoms with Crippen molar-refractivity contribution in [2.24, 2.45) is 5.73 Å². The summed E-state index contributed by atoms with van der Waals surface area (Å²) in [6.07, 6.45) is 0. The quantitative estimate of drug-likeness (QED) is 0.539. The van der Waals surface area contributed by atoms with Crippen molar-refractivity contribution in [2.45, 2.75) is 32.4 Å². The number of hydrogen-bond donors (Lipinski definition) is 2. The van der Waals surface area contributed by atoms with Gasteiger partial charge in [0.05, 0.1) is 6.04 Å². The van der Waals surface area contributed by atoms with Crippen LogP contribution >= 0.6 is 0 Å². The first-order valence-corrected chi connectivity index (χ1v) is 2.88. The lowest BCUT2D eigenvalue weighted by Gasteiger charge is -2.17. The maximum absolute atomic E-state index is 10.8. The van der Waals surface area contributed by atoms with Gasteiger partial charge >= 0.3 is 0 Å². The lowest BCUT2D eigenvalue weighted by molar-refractivity contribution is -0.135. The summed E-state index contributed by atoms with van der Waals surface area (Å²) in [6.45, 7) is 4.41. The van der Waals surface area contributed by atoms with Gasteiger partial charge in [-0.25, -0.2) is 0 Å². The molecule has 0 aliphatic heterocycles. The van der Waals surface area contributed by atoms with Gasteiger partial charge in [0.1, 0.15) is 5.60 Å². The van der Waals surface area contributed by atoms with Gasteiger partial charge in [-0.15, -0.1) is 0 Å². The van der Waals surface area contributed by atoms with E-state index >= 15 is 0 Å². The van der Waals surface area contributed by atoms with Crippen LogP contribution in [-0.4, -0.2) is 22.5 Å². The van der Waals surface area contributed by atoms with Crippen LogP contribution in [0.2, 0.25) is 0 Å². The van der Waals surface area contributed by atoms with Gasteiger partial charge < -0.3 is 10.8 Å². The van der Waals surface area contributed by atoms with Crippen molar-refractivity contribution in [3.8, 4) is 0 Å². The van der Waals surface area contributed by atoms with E-state index in [0.29, 0.717) is 0 Å². The highest BCUT2D eigenvalue weighted by atomic mass is 16.3. The Balaban J connectivity index is 4.06. The lowest BCUT2D eigenvalue weighted by Crippen LogP contribution is -2.42. The highest BCUT2D eigenvalue weighted by molar-refractivity contribution is 5.90. The molecule has 54 valence electrons. The molecule has 1 atom stereocenters. The monoisotopic (exact) mass is 131 g/mol. The first kappa shape index (κ1) is 8.59. The zero-order valence-electron chi connectivity index (χ0n) is 6.01. The standard InChI is InChI=1S/C6H13NO2/c1-4(7)5(8)6(2,3)9/h4,9H,7H2,1-3H3. The smallest absolute Gasteiger partial charge is 0.180 e. The van der Waals surface area contributed by atoms with Gasteiger partial charge in [-0.1, -0.05) is 0 Å². The maximum Gasteiger partial charge on any atom is 0.180 e. The molecule has 3 heteroatoms. The Morgan fingerprint density at radius 2 is 2.00 bits per heavy atom. The Morgan fingerprint density at radius 3 is 2.00 bits per heavy atom. The number of Topliss-reactive ketones (excluding diaryl/α,β-unsaturated/α-hetero) is 1. The topological polar surface area (TPSA) is 63.3 Å². The molecule has 0 rings (SSSR count). The second kappa shape index (κ2) is 2.45. The fourth-order valence-corrected chi connectivity index (χ4v) is 0.557. The summed E-state index contributed by atoms with van der Waals surface area (Å²) < 4.78 is 0. The van der Waals surface area contributed by atoms with Gasteiger partial charge in [0.15, 0.2) is 5.78 Å². The van der Waals surface area contributed by atoms with Crippen molar-refractivity contribution in [1.82, 2.24) is 0 Å². The molecular formula is C6H13NO2. The Labute approximate surface area is 54.9 Å². The minimum absolute atomic E-state index is 0.331. The number of rotatable bonds is 2. The molecule has 1 unspecified atom stereocenters. The molecule has 0 spiro atoms. The van der Waals surface area contributed by atoms with Crippen LogP contribution in [0, 0.1) is 0 Å². The third kappa shape index (κ3) is 2.58. The lowest BCUT2D eigenvalue weighted by atomic mass is 9.99. The summed E-state index contributed by atoms with van der Waals surface area (Å²) >= 11 is 0. The molecule has 0 aliphatic rings. The van der Waals surface area contributed by atoms with Crippen LogP contribution in [0.25, 0.3) is 0 Å². The minimum atomic E-state index is -1.28. The SMILES string of the molecule is CC(N)C(=O)C(C)(C)O. The van der Waals surface area contributed by atoms with E-state index in [1.165, 1.54) is 13.8 Å². The largest absolute Gasteiger partial charge is 0.383 e. The van der Waals surface area contributed by atoms with Crippen LogP contribution < -0.4 is 5.73 Å². The fraction of sp³-hybridized carbons (Fsp3) is 0.833. The minimum Gasteiger partial charge on any atom is -0.383 e. The number of nitrogens with two attached hydrogens (primary N) is 1. The van der Waals surface area contributed by atoms with E-state index in [9.17, 15) is 4.79 Å². The van der Waals surface area contributed by atoms with Crippen LogP contribution in [-0.2, 0) is 4.79 Å². The van der Waals surface area contributed by atoms with Gasteiger partial charge in [0.2, 0.25) is 0 Å². The Hall–Kier alpha value is -0.410. The Bertz CT molecular complexity index is 113. The molecule has 0 heterocycles. The van der Waals surface area contributed by atoms with Gasteiger partial charge in [-0.05, 0) is 20.8 Å². The average Bonchev–Trinajstić information content (AvgIpc) is 1.62. The molecule has 0 aromatic carbocycles. The normalized spacial score (nSPS) is 15.2. The number of carbonyl (C=O) groups excluding carboxylic acids is 1. The van der Waals surface area contributed by atoms with Crippen LogP contribution in [0.4, 0.5) is 0 Å².